The number of piperazine rings is 1. The molecule has 0 unspecified atom stereocenters. The van der Waals surface area contributed by atoms with Gasteiger partial charge in [0, 0.05) is 43.6 Å². The van der Waals surface area contributed by atoms with Gasteiger partial charge in [0.05, 0.1) is 7.11 Å². The van der Waals surface area contributed by atoms with Gasteiger partial charge in [0.25, 0.3) is 11.8 Å². The second-order valence-electron chi connectivity index (χ2n) is 5.77. The molecule has 2 amide bonds. The van der Waals surface area contributed by atoms with Crippen molar-refractivity contribution < 1.29 is 14.3 Å². The van der Waals surface area contributed by atoms with Crippen LogP contribution in [0.25, 0.3) is 0 Å². The molecule has 2 heterocycles. The molecule has 130 valence electrons. The Morgan fingerprint density at radius 2 is 1.88 bits per heavy atom. The Labute approximate surface area is 146 Å². The number of anilines is 1. The topological polar surface area (TPSA) is 88.8 Å². The second-order valence-corrected chi connectivity index (χ2v) is 5.77. The lowest BCUT2D eigenvalue weighted by atomic mass is 10.1. The summed E-state index contributed by atoms with van der Waals surface area (Å²) in [7, 11) is 1.58. The van der Waals surface area contributed by atoms with Crippen LogP contribution in [0.1, 0.15) is 20.8 Å². The molecule has 1 aliphatic heterocycles. The number of nitrogens with zero attached hydrogens (tertiary/aromatic N) is 3. The lowest BCUT2D eigenvalue weighted by Gasteiger charge is -2.36. The maximum atomic E-state index is 12.6. The Hall–Kier alpha value is -3.09. The van der Waals surface area contributed by atoms with Crippen LogP contribution >= 0.6 is 0 Å². The van der Waals surface area contributed by atoms with E-state index in [-0.39, 0.29) is 11.6 Å². The van der Waals surface area contributed by atoms with Gasteiger partial charge < -0.3 is 20.3 Å². The number of primary amides is 1. The molecular formula is C18H20N4O3. The number of carbonyl (C=O) groups is 2. The standard InChI is InChI=1S/C18H20N4O3/c1-25-15-4-2-3-13(11-15)18(24)22-9-7-21(8-10-22)14-5-6-20-16(12-14)17(19)23/h2-6,11-12H,7-10H2,1H3,(H2,19,23). The highest BCUT2D eigenvalue weighted by Gasteiger charge is 2.23. The zero-order chi connectivity index (χ0) is 17.8. The van der Waals surface area contributed by atoms with Crippen molar-refractivity contribution in [2.45, 2.75) is 0 Å². The molecule has 3 rings (SSSR count). The van der Waals surface area contributed by atoms with Gasteiger partial charge in [-0.05, 0) is 30.3 Å². The van der Waals surface area contributed by atoms with Gasteiger partial charge in [-0.3, -0.25) is 14.6 Å². The molecule has 2 N–H and O–H groups in total. The van der Waals surface area contributed by atoms with Gasteiger partial charge in [-0.1, -0.05) is 6.07 Å². The number of carbonyl (C=O) groups excluding carboxylic acids is 2. The summed E-state index contributed by atoms with van der Waals surface area (Å²) in [4.78, 5) is 31.8. The first-order valence-corrected chi connectivity index (χ1v) is 8.02. The molecule has 25 heavy (non-hydrogen) atoms. The number of rotatable bonds is 4. The molecule has 0 radical (unpaired) electrons. The first-order chi connectivity index (χ1) is 12.1. The van der Waals surface area contributed by atoms with Gasteiger partial charge in [0.1, 0.15) is 11.4 Å². The predicted octanol–water partition coefficient (Wildman–Crippen LogP) is 1.15. The Kier molecular flexibility index (Phi) is 4.83. The van der Waals surface area contributed by atoms with E-state index in [2.05, 4.69) is 9.88 Å². The van der Waals surface area contributed by atoms with E-state index in [1.807, 2.05) is 23.1 Å². The second kappa shape index (κ2) is 7.21. The monoisotopic (exact) mass is 340 g/mol. The van der Waals surface area contributed by atoms with Gasteiger partial charge in [-0.25, -0.2) is 0 Å². The number of hydrogen-bond donors (Lipinski definition) is 1. The average Bonchev–Trinajstić information content (AvgIpc) is 2.67. The molecule has 1 aromatic carbocycles. The number of hydrogen-bond acceptors (Lipinski definition) is 5. The van der Waals surface area contributed by atoms with E-state index < -0.39 is 5.91 Å². The molecule has 0 atom stereocenters. The van der Waals surface area contributed by atoms with E-state index >= 15 is 0 Å². The number of aromatic nitrogens is 1. The van der Waals surface area contributed by atoms with Crippen LogP contribution in [-0.4, -0.2) is 55.0 Å². The minimum atomic E-state index is -0.548. The van der Waals surface area contributed by atoms with Crippen LogP contribution in [-0.2, 0) is 0 Å². The third-order valence-corrected chi connectivity index (χ3v) is 4.24. The van der Waals surface area contributed by atoms with E-state index in [0.717, 1.165) is 5.69 Å². The highest BCUT2D eigenvalue weighted by atomic mass is 16.5. The van der Waals surface area contributed by atoms with Crippen LogP contribution in [0, 0.1) is 0 Å². The number of benzene rings is 1. The molecular weight excluding hydrogens is 320 g/mol. The summed E-state index contributed by atoms with van der Waals surface area (Å²) in [5.41, 5.74) is 7.03. The normalized spacial score (nSPS) is 14.3. The summed E-state index contributed by atoms with van der Waals surface area (Å²) in [6.07, 6.45) is 1.57. The molecule has 1 saturated heterocycles. The van der Waals surface area contributed by atoms with Gasteiger partial charge in [-0.15, -0.1) is 0 Å². The number of pyridine rings is 1. The van der Waals surface area contributed by atoms with Crippen LogP contribution in [0.3, 0.4) is 0 Å². The van der Waals surface area contributed by atoms with Crippen LogP contribution in [0.4, 0.5) is 5.69 Å². The smallest absolute Gasteiger partial charge is 0.267 e. The van der Waals surface area contributed by atoms with E-state index in [0.29, 0.717) is 37.5 Å². The number of ether oxygens (including phenoxy) is 1. The fourth-order valence-corrected chi connectivity index (χ4v) is 2.86. The van der Waals surface area contributed by atoms with Gasteiger partial charge >= 0.3 is 0 Å². The minimum Gasteiger partial charge on any atom is -0.497 e. The highest BCUT2D eigenvalue weighted by Crippen LogP contribution is 2.19. The number of amides is 2. The van der Waals surface area contributed by atoms with Gasteiger partial charge in [0.15, 0.2) is 0 Å². The summed E-state index contributed by atoms with van der Waals surface area (Å²) in [5.74, 6) is 0.111. The fourth-order valence-electron chi connectivity index (χ4n) is 2.86. The maximum absolute atomic E-state index is 12.6. The SMILES string of the molecule is COc1cccc(C(=O)N2CCN(c3ccnc(C(N)=O)c3)CC2)c1. The first kappa shape index (κ1) is 16.8. The number of nitrogens with two attached hydrogens (primary N) is 1. The molecule has 0 saturated carbocycles. The molecule has 7 heteroatoms. The molecule has 0 bridgehead atoms. The summed E-state index contributed by atoms with van der Waals surface area (Å²) >= 11 is 0. The van der Waals surface area contributed by atoms with Crippen LogP contribution in [0.5, 0.6) is 5.75 Å². The molecule has 0 spiro atoms. The third kappa shape index (κ3) is 3.71. The molecule has 1 fully saturated rings. The van der Waals surface area contributed by atoms with Crippen LogP contribution in [0.15, 0.2) is 42.6 Å². The fraction of sp³-hybridized carbons (Fsp3) is 0.278. The van der Waals surface area contributed by atoms with E-state index in [9.17, 15) is 9.59 Å². The zero-order valence-electron chi connectivity index (χ0n) is 14.0. The Balaban J connectivity index is 1.66. The van der Waals surface area contributed by atoms with Crippen molar-refractivity contribution in [2.24, 2.45) is 5.73 Å². The molecule has 0 aliphatic carbocycles. The summed E-state index contributed by atoms with van der Waals surface area (Å²) in [5, 5.41) is 0. The minimum absolute atomic E-state index is 0.00824. The van der Waals surface area contributed by atoms with Gasteiger partial charge in [-0.2, -0.15) is 0 Å². The average molecular weight is 340 g/mol. The molecule has 1 aromatic heterocycles. The summed E-state index contributed by atoms with van der Waals surface area (Å²) in [6, 6.07) is 10.7. The summed E-state index contributed by atoms with van der Waals surface area (Å²) in [6.45, 7) is 2.56. The molecule has 1 aliphatic rings. The van der Waals surface area contributed by atoms with Crippen molar-refractivity contribution in [1.82, 2.24) is 9.88 Å². The first-order valence-electron chi connectivity index (χ1n) is 8.02. The van der Waals surface area contributed by atoms with Crippen LogP contribution in [0.2, 0.25) is 0 Å². The molecule has 2 aromatic rings. The Morgan fingerprint density at radius 3 is 2.56 bits per heavy atom. The van der Waals surface area contributed by atoms with Crippen molar-refractivity contribution >= 4 is 17.5 Å². The van der Waals surface area contributed by atoms with Crippen molar-refractivity contribution in [2.75, 3.05) is 38.2 Å². The van der Waals surface area contributed by atoms with Gasteiger partial charge in [0.2, 0.25) is 0 Å². The van der Waals surface area contributed by atoms with Crippen molar-refractivity contribution in [3.63, 3.8) is 0 Å². The highest BCUT2D eigenvalue weighted by molar-refractivity contribution is 5.95. The van der Waals surface area contributed by atoms with E-state index in [1.165, 1.54) is 0 Å². The third-order valence-electron chi connectivity index (χ3n) is 4.24. The van der Waals surface area contributed by atoms with Crippen molar-refractivity contribution in [3.8, 4) is 5.75 Å². The number of methoxy groups -OCH3 is 1. The summed E-state index contributed by atoms with van der Waals surface area (Å²) < 4.78 is 5.18. The molecule has 7 nitrogen and oxygen atoms in total. The zero-order valence-corrected chi connectivity index (χ0v) is 14.0. The Bertz CT molecular complexity index is 785. The quantitative estimate of drug-likeness (QED) is 0.902. The van der Waals surface area contributed by atoms with E-state index in [4.69, 9.17) is 10.5 Å². The maximum Gasteiger partial charge on any atom is 0.267 e. The Morgan fingerprint density at radius 1 is 1.12 bits per heavy atom. The lowest BCUT2D eigenvalue weighted by molar-refractivity contribution is 0.0746. The largest absolute Gasteiger partial charge is 0.497 e. The van der Waals surface area contributed by atoms with E-state index in [1.54, 1.807) is 31.5 Å². The lowest BCUT2D eigenvalue weighted by Crippen LogP contribution is -2.48. The van der Waals surface area contributed by atoms with Crippen molar-refractivity contribution in [1.29, 1.82) is 0 Å². The van der Waals surface area contributed by atoms with Crippen molar-refractivity contribution in [3.05, 3.63) is 53.9 Å². The predicted molar refractivity (Wildman–Crippen MR) is 93.9 cm³/mol. The van der Waals surface area contributed by atoms with Crippen LogP contribution < -0.4 is 15.4 Å².